The van der Waals surface area contributed by atoms with Gasteiger partial charge in [0.25, 0.3) is 0 Å². The Bertz CT molecular complexity index is 380. The molecule has 0 fully saturated rings. The lowest BCUT2D eigenvalue weighted by atomic mass is 10.4. The van der Waals surface area contributed by atoms with Gasteiger partial charge in [-0.25, -0.2) is 4.79 Å². The van der Waals surface area contributed by atoms with Crippen LogP contribution in [0.1, 0.15) is 17.4 Å². The zero-order chi connectivity index (χ0) is 12.0. The Morgan fingerprint density at radius 2 is 2.19 bits per heavy atom. The molecule has 0 saturated carbocycles. The van der Waals surface area contributed by atoms with Gasteiger partial charge in [0.05, 0.1) is 12.4 Å². The number of hydrogen-bond acceptors (Lipinski definition) is 6. The van der Waals surface area contributed by atoms with Gasteiger partial charge in [-0.3, -0.25) is 4.79 Å². The first-order chi connectivity index (χ1) is 7.63. The molecule has 0 saturated heterocycles. The summed E-state index contributed by atoms with van der Waals surface area (Å²) in [5.74, 6) is -1.33. The first-order valence-electron chi connectivity index (χ1n) is 4.49. The molecule has 0 aliphatic carbocycles. The van der Waals surface area contributed by atoms with E-state index < -0.39 is 5.97 Å². The largest absolute Gasteiger partial charge is 0.476 e. The van der Waals surface area contributed by atoms with E-state index in [9.17, 15) is 9.59 Å². The van der Waals surface area contributed by atoms with Crippen LogP contribution in [-0.4, -0.2) is 39.6 Å². The number of carbonyl (C=O) groups excluding carboxylic acids is 1. The molecule has 86 valence electrons. The van der Waals surface area contributed by atoms with Crippen LogP contribution in [0.25, 0.3) is 0 Å². The number of carbonyl (C=O) groups is 2. The lowest BCUT2D eigenvalue weighted by Crippen LogP contribution is -2.07. The van der Waals surface area contributed by atoms with Gasteiger partial charge in [-0.05, 0) is 19.1 Å². The van der Waals surface area contributed by atoms with Gasteiger partial charge in [-0.1, -0.05) is 11.8 Å². The Hall–Kier alpha value is -1.63. The Labute approximate surface area is 96.0 Å². The highest BCUT2D eigenvalue weighted by molar-refractivity contribution is 7.99. The topological polar surface area (TPSA) is 89.4 Å². The Morgan fingerprint density at radius 1 is 1.44 bits per heavy atom. The van der Waals surface area contributed by atoms with Crippen molar-refractivity contribution in [2.75, 3.05) is 12.4 Å². The molecule has 0 unspecified atom stereocenters. The molecular formula is C9H10N2O4S. The minimum absolute atomic E-state index is 0.125. The first-order valence-corrected chi connectivity index (χ1v) is 5.47. The van der Waals surface area contributed by atoms with Crippen molar-refractivity contribution in [2.24, 2.45) is 0 Å². The van der Waals surface area contributed by atoms with Crippen LogP contribution in [0, 0.1) is 0 Å². The van der Waals surface area contributed by atoms with Crippen molar-refractivity contribution in [1.29, 1.82) is 0 Å². The summed E-state index contributed by atoms with van der Waals surface area (Å²) in [6.45, 7) is 2.06. The predicted octanol–water partition coefficient (Wildman–Crippen LogP) is 0.830. The second kappa shape index (κ2) is 6.06. The fraction of sp³-hybridized carbons (Fsp3) is 0.333. The van der Waals surface area contributed by atoms with Gasteiger partial charge in [0, 0.05) is 0 Å². The number of carboxylic acid groups (broad SMARTS) is 1. The van der Waals surface area contributed by atoms with Crippen molar-refractivity contribution in [3.8, 4) is 0 Å². The molecule has 1 N–H and O–H groups in total. The monoisotopic (exact) mass is 242 g/mol. The van der Waals surface area contributed by atoms with Gasteiger partial charge in [-0.15, -0.1) is 10.2 Å². The molecule has 1 aromatic heterocycles. The number of esters is 1. The van der Waals surface area contributed by atoms with Crippen LogP contribution >= 0.6 is 11.8 Å². The van der Waals surface area contributed by atoms with Crippen LogP contribution < -0.4 is 0 Å². The van der Waals surface area contributed by atoms with E-state index in [-0.39, 0.29) is 17.4 Å². The van der Waals surface area contributed by atoms with E-state index in [0.29, 0.717) is 11.6 Å². The van der Waals surface area contributed by atoms with Crippen molar-refractivity contribution in [1.82, 2.24) is 10.2 Å². The van der Waals surface area contributed by atoms with Crippen LogP contribution in [0.5, 0.6) is 0 Å². The molecule has 6 nitrogen and oxygen atoms in total. The average Bonchev–Trinajstić information content (AvgIpc) is 2.27. The number of aromatic nitrogens is 2. The molecule has 0 aliphatic rings. The van der Waals surface area contributed by atoms with E-state index in [1.807, 2.05) is 0 Å². The number of hydrogen-bond donors (Lipinski definition) is 1. The molecule has 7 heteroatoms. The third-order valence-electron chi connectivity index (χ3n) is 1.50. The Kier molecular flexibility index (Phi) is 4.71. The summed E-state index contributed by atoms with van der Waals surface area (Å²) >= 11 is 1.15. The number of rotatable bonds is 5. The molecule has 0 atom stereocenters. The maximum atomic E-state index is 11.0. The van der Waals surface area contributed by atoms with E-state index in [2.05, 4.69) is 10.2 Å². The molecule has 0 spiro atoms. The molecule has 0 bridgehead atoms. The zero-order valence-electron chi connectivity index (χ0n) is 8.54. The van der Waals surface area contributed by atoms with Crippen molar-refractivity contribution >= 4 is 23.7 Å². The highest BCUT2D eigenvalue weighted by Crippen LogP contribution is 2.14. The highest BCUT2D eigenvalue weighted by atomic mass is 32.2. The maximum Gasteiger partial charge on any atom is 0.356 e. The first kappa shape index (κ1) is 12.4. The molecule has 1 rings (SSSR count). The fourth-order valence-corrected chi connectivity index (χ4v) is 1.46. The van der Waals surface area contributed by atoms with E-state index in [1.165, 1.54) is 12.1 Å². The lowest BCUT2D eigenvalue weighted by molar-refractivity contribution is -0.139. The standard InChI is InChI=1S/C9H10N2O4S/c1-2-15-8(12)5-16-7-4-3-6(9(13)14)10-11-7/h3-4H,2,5H2,1H3,(H,13,14). The maximum absolute atomic E-state index is 11.0. The summed E-state index contributed by atoms with van der Waals surface area (Å²) in [6, 6.07) is 2.84. The number of aromatic carboxylic acids is 1. The zero-order valence-corrected chi connectivity index (χ0v) is 9.36. The highest BCUT2D eigenvalue weighted by Gasteiger charge is 2.07. The van der Waals surface area contributed by atoms with E-state index in [1.54, 1.807) is 6.92 Å². The van der Waals surface area contributed by atoms with Gasteiger partial charge >= 0.3 is 11.9 Å². The van der Waals surface area contributed by atoms with Crippen LogP contribution in [-0.2, 0) is 9.53 Å². The Balaban J connectivity index is 2.49. The minimum Gasteiger partial charge on any atom is -0.476 e. The second-order valence-corrected chi connectivity index (χ2v) is 3.65. The van der Waals surface area contributed by atoms with Crippen LogP contribution in [0.15, 0.2) is 17.2 Å². The van der Waals surface area contributed by atoms with Gasteiger partial charge < -0.3 is 9.84 Å². The van der Waals surface area contributed by atoms with Crippen LogP contribution in [0.3, 0.4) is 0 Å². The summed E-state index contributed by atoms with van der Waals surface area (Å²) in [5.41, 5.74) is -0.125. The number of carboxylic acids is 1. The fourth-order valence-electron chi connectivity index (χ4n) is 0.847. The van der Waals surface area contributed by atoms with E-state index >= 15 is 0 Å². The molecule has 1 aromatic rings. The van der Waals surface area contributed by atoms with Gasteiger partial charge in [0.15, 0.2) is 5.69 Å². The molecule has 16 heavy (non-hydrogen) atoms. The van der Waals surface area contributed by atoms with Crippen LogP contribution in [0.2, 0.25) is 0 Å². The Morgan fingerprint density at radius 3 is 2.69 bits per heavy atom. The van der Waals surface area contributed by atoms with E-state index in [4.69, 9.17) is 9.84 Å². The summed E-state index contributed by atoms with van der Waals surface area (Å²) in [5, 5.41) is 16.2. The van der Waals surface area contributed by atoms with Crippen molar-refractivity contribution < 1.29 is 19.4 Å². The van der Waals surface area contributed by atoms with Gasteiger partial charge in [0.2, 0.25) is 0 Å². The quantitative estimate of drug-likeness (QED) is 0.604. The van der Waals surface area contributed by atoms with Crippen molar-refractivity contribution in [3.05, 3.63) is 17.8 Å². The molecule has 0 aromatic carbocycles. The van der Waals surface area contributed by atoms with Crippen LogP contribution in [0.4, 0.5) is 0 Å². The third-order valence-corrected chi connectivity index (χ3v) is 2.40. The molecular weight excluding hydrogens is 232 g/mol. The van der Waals surface area contributed by atoms with Gasteiger partial charge in [0.1, 0.15) is 5.03 Å². The van der Waals surface area contributed by atoms with Crippen molar-refractivity contribution in [2.45, 2.75) is 11.9 Å². The number of thioether (sulfide) groups is 1. The molecule has 1 heterocycles. The van der Waals surface area contributed by atoms with E-state index in [0.717, 1.165) is 11.8 Å². The summed E-state index contributed by atoms with van der Waals surface area (Å²) in [7, 11) is 0. The predicted molar refractivity (Wildman–Crippen MR) is 56.3 cm³/mol. The van der Waals surface area contributed by atoms with Crippen molar-refractivity contribution in [3.63, 3.8) is 0 Å². The number of nitrogens with zero attached hydrogens (tertiary/aromatic N) is 2. The lowest BCUT2D eigenvalue weighted by Gasteiger charge is -2.00. The summed E-state index contributed by atoms with van der Waals surface area (Å²) < 4.78 is 4.72. The normalized spacial score (nSPS) is 9.81. The number of ether oxygens (including phenoxy) is 1. The molecule has 0 aliphatic heterocycles. The summed E-state index contributed by atoms with van der Waals surface area (Å²) in [6.07, 6.45) is 0. The smallest absolute Gasteiger partial charge is 0.356 e. The molecule has 0 radical (unpaired) electrons. The minimum atomic E-state index is -1.13. The second-order valence-electron chi connectivity index (χ2n) is 2.66. The summed E-state index contributed by atoms with van der Waals surface area (Å²) in [4.78, 5) is 21.5. The SMILES string of the molecule is CCOC(=O)CSc1ccc(C(=O)O)nn1. The third kappa shape index (κ3) is 3.85. The molecule has 0 amide bonds. The van der Waals surface area contributed by atoms with Gasteiger partial charge in [-0.2, -0.15) is 0 Å². The average molecular weight is 242 g/mol.